The third-order valence-corrected chi connectivity index (χ3v) is 5.23. The van der Waals surface area contributed by atoms with Crippen LogP contribution in [-0.4, -0.2) is 16.9 Å². The van der Waals surface area contributed by atoms with Crippen molar-refractivity contribution in [1.82, 2.24) is 0 Å². The number of carbonyl (C=O) groups is 1. The number of amides is 1. The van der Waals surface area contributed by atoms with Crippen molar-refractivity contribution in [2.24, 2.45) is 0 Å². The zero-order chi connectivity index (χ0) is 20.4. The molecule has 6 heteroatoms. The summed E-state index contributed by atoms with van der Waals surface area (Å²) in [7, 11) is 0. The van der Waals surface area contributed by atoms with Crippen LogP contribution >= 0.6 is 0 Å². The maximum absolute atomic E-state index is 13.3. The molecule has 4 rings (SSSR count). The van der Waals surface area contributed by atoms with Gasteiger partial charge in [0.05, 0.1) is 11.0 Å². The second-order valence-electron chi connectivity index (χ2n) is 7.19. The van der Waals surface area contributed by atoms with Gasteiger partial charge in [0.15, 0.2) is 0 Å². The van der Waals surface area contributed by atoms with Gasteiger partial charge in [-0.1, -0.05) is 42.5 Å². The number of benzene rings is 3. The number of rotatable bonds is 4. The van der Waals surface area contributed by atoms with Gasteiger partial charge in [-0.15, -0.1) is 0 Å². The quantitative estimate of drug-likeness (QED) is 0.494. The lowest BCUT2D eigenvalue weighted by Gasteiger charge is -2.40. The molecular formula is C23H21N3O3. The fraction of sp³-hybridized carbons (Fsp3) is 0.174. The fourth-order valence-corrected chi connectivity index (χ4v) is 3.89. The van der Waals surface area contributed by atoms with Crippen molar-refractivity contribution in [3.8, 4) is 0 Å². The zero-order valence-electron chi connectivity index (χ0n) is 16.0. The van der Waals surface area contributed by atoms with Gasteiger partial charge in [0.25, 0.3) is 11.6 Å². The summed E-state index contributed by atoms with van der Waals surface area (Å²) in [5.74, 6) is -0.230. The topological polar surface area (TPSA) is 75.5 Å². The molecule has 0 aliphatic carbocycles. The first-order valence-corrected chi connectivity index (χ1v) is 9.53. The average molecular weight is 387 g/mol. The van der Waals surface area contributed by atoms with Gasteiger partial charge in [0.1, 0.15) is 0 Å². The normalized spacial score (nSPS) is 18.0. The van der Waals surface area contributed by atoms with Crippen LogP contribution in [0.4, 0.5) is 17.1 Å². The Labute approximate surface area is 168 Å². The van der Waals surface area contributed by atoms with Crippen molar-refractivity contribution in [2.75, 3.05) is 10.2 Å². The lowest BCUT2D eigenvalue weighted by molar-refractivity contribution is -0.384. The van der Waals surface area contributed by atoms with E-state index in [1.807, 2.05) is 61.5 Å². The summed E-state index contributed by atoms with van der Waals surface area (Å²) in [5.41, 5.74) is 3.12. The number of carbonyl (C=O) groups excluding carboxylic acids is 1. The molecule has 0 saturated heterocycles. The van der Waals surface area contributed by atoms with E-state index in [0.717, 1.165) is 23.4 Å². The molecule has 0 fully saturated rings. The number of nitro benzene ring substituents is 1. The Balaban J connectivity index is 1.69. The SMILES string of the molecule is C[C@@H]1C[C@H](Nc2ccccc2)c2ccccc2N1C(=O)c1cccc([N+](=O)[O-])c1. The van der Waals surface area contributed by atoms with Crippen LogP contribution in [0.5, 0.6) is 0 Å². The van der Waals surface area contributed by atoms with E-state index >= 15 is 0 Å². The molecule has 0 spiro atoms. The molecular weight excluding hydrogens is 366 g/mol. The fourth-order valence-electron chi connectivity index (χ4n) is 3.89. The Bertz CT molecular complexity index is 1050. The number of para-hydroxylation sites is 2. The molecule has 0 radical (unpaired) electrons. The molecule has 3 aromatic carbocycles. The van der Waals surface area contributed by atoms with Crippen LogP contribution in [0.15, 0.2) is 78.9 Å². The molecule has 0 unspecified atom stereocenters. The van der Waals surface area contributed by atoms with Crippen LogP contribution < -0.4 is 10.2 Å². The summed E-state index contributed by atoms with van der Waals surface area (Å²) >= 11 is 0. The number of anilines is 2. The van der Waals surface area contributed by atoms with Crippen LogP contribution in [0, 0.1) is 10.1 Å². The summed E-state index contributed by atoms with van der Waals surface area (Å²) < 4.78 is 0. The predicted octanol–water partition coefficient (Wildman–Crippen LogP) is 5.19. The minimum Gasteiger partial charge on any atom is -0.378 e. The van der Waals surface area contributed by atoms with E-state index in [1.165, 1.54) is 12.1 Å². The van der Waals surface area contributed by atoms with Gasteiger partial charge in [-0.3, -0.25) is 14.9 Å². The molecule has 1 N–H and O–H groups in total. The standard InChI is InChI=1S/C23H21N3O3/c1-16-14-21(24-18-9-3-2-4-10-18)20-12-5-6-13-22(20)25(16)23(27)17-8-7-11-19(15-17)26(28)29/h2-13,15-16,21,24H,14H2,1H3/t16-,21+/m1/s1. The zero-order valence-corrected chi connectivity index (χ0v) is 16.0. The monoisotopic (exact) mass is 387 g/mol. The lowest BCUT2D eigenvalue weighted by atomic mass is 9.90. The van der Waals surface area contributed by atoms with Gasteiger partial charge in [-0.25, -0.2) is 0 Å². The summed E-state index contributed by atoms with van der Waals surface area (Å²) in [4.78, 5) is 25.7. The number of nitrogens with zero attached hydrogens (tertiary/aromatic N) is 2. The van der Waals surface area contributed by atoms with Crippen molar-refractivity contribution in [1.29, 1.82) is 0 Å². The predicted molar refractivity (Wildman–Crippen MR) is 113 cm³/mol. The summed E-state index contributed by atoms with van der Waals surface area (Å²) in [6.45, 7) is 2.00. The highest BCUT2D eigenvalue weighted by Crippen LogP contribution is 2.39. The third kappa shape index (κ3) is 3.69. The molecule has 29 heavy (non-hydrogen) atoms. The van der Waals surface area contributed by atoms with Crippen LogP contribution in [0.2, 0.25) is 0 Å². The van der Waals surface area contributed by atoms with E-state index in [1.54, 1.807) is 17.0 Å². The number of nitro groups is 1. The van der Waals surface area contributed by atoms with Crippen molar-refractivity contribution in [3.05, 3.63) is 100 Å². The maximum Gasteiger partial charge on any atom is 0.270 e. The van der Waals surface area contributed by atoms with Gasteiger partial charge in [-0.05, 0) is 43.2 Å². The van der Waals surface area contributed by atoms with E-state index in [2.05, 4.69) is 5.32 Å². The van der Waals surface area contributed by atoms with Gasteiger partial charge in [-0.2, -0.15) is 0 Å². The van der Waals surface area contributed by atoms with Crippen molar-refractivity contribution >= 4 is 23.0 Å². The van der Waals surface area contributed by atoms with Gasteiger partial charge in [0, 0.05) is 35.1 Å². The Morgan fingerprint density at radius 1 is 1.03 bits per heavy atom. The summed E-state index contributed by atoms with van der Waals surface area (Å²) in [6, 6.07) is 23.7. The van der Waals surface area contributed by atoms with Crippen molar-refractivity contribution < 1.29 is 9.72 Å². The Kier molecular flexibility index (Phi) is 4.99. The lowest BCUT2D eigenvalue weighted by Crippen LogP contribution is -2.44. The molecule has 1 aliphatic rings. The second-order valence-corrected chi connectivity index (χ2v) is 7.19. The molecule has 0 bridgehead atoms. The Hall–Kier alpha value is -3.67. The van der Waals surface area contributed by atoms with E-state index in [0.29, 0.717) is 5.56 Å². The molecule has 1 amide bonds. The molecule has 0 saturated carbocycles. The number of hydrogen-bond acceptors (Lipinski definition) is 4. The first-order chi connectivity index (χ1) is 14.0. The minimum atomic E-state index is -0.482. The van der Waals surface area contributed by atoms with Gasteiger partial charge >= 0.3 is 0 Å². The van der Waals surface area contributed by atoms with E-state index in [9.17, 15) is 14.9 Å². The molecule has 1 aliphatic heterocycles. The smallest absolute Gasteiger partial charge is 0.270 e. The van der Waals surface area contributed by atoms with Crippen molar-refractivity contribution in [3.63, 3.8) is 0 Å². The molecule has 0 aromatic heterocycles. The third-order valence-electron chi connectivity index (χ3n) is 5.23. The first-order valence-electron chi connectivity index (χ1n) is 9.53. The summed E-state index contributed by atoms with van der Waals surface area (Å²) in [6.07, 6.45) is 0.729. The van der Waals surface area contributed by atoms with Crippen LogP contribution in [0.1, 0.15) is 35.3 Å². The molecule has 3 aromatic rings. The molecule has 146 valence electrons. The van der Waals surface area contributed by atoms with Gasteiger partial charge < -0.3 is 10.2 Å². The minimum absolute atomic E-state index is 0.0674. The highest BCUT2D eigenvalue weighted by atomic mass is 16.6. The number of hydrogen-bond donors (Lipinski definition) is 1. The maximum atomic E-state index is 13.3. The van der Waals surface area contributed by atoms with Crippen LogP contribution in [-0.2, 0) is 0 Å². The molecule has 1 heterocycles. The largest absolute Gasteiger partial charge is 0.378 e. The van der Waals surface area contributed by atoms with Crippen LogP contribution in [0.3, 0.4) is 0 Å². The van der Waals surface area contributed by atoms with E-state index in [4.69, 9.17) is 0 Å². The second kappa shape index (κ2) is 7.75. The molecule has 2 atom stereocenters. The highest BCUT2D eigenvalue weighted by molar-refractivity contribution is 6.07. The highest BCUT2D eigenvalue weighted by Gasteiger charge is 2.34. The summed E-state index contributed by atoms with van der Waals surface area (Å²) in [5, 5.41) is 14.7. The number of nitrogens with one attached hydrogen (secondary N) is 1. The van der Waals surface area contributed by atoms with Crippen LogP contribution in [0.25, 0.3) is 0 Å². The number of non-ortho nitro benzene ring substituents is 1. The van der Waals surface area contributed by atoms with E-state index in [-0.39, 0.29) is 23.7 Å². The average Bonchev–Trinajstić information content (AvgIpc) is 2.74. The van der Waals surface area contributed by atoms with E-state index < -0.39 is 4.92 Å². The van der Waals surface area contributed by atoms with Gasteiger partial charge in [0.2, 0.25) is 0 Å². The first kappa shape index (κ1) is 18.7. The van der Waals surface area contributed by atoms with Crippen molar-refractivity contribution in [2.45, 2.75) is 25.4 Å². The Morgan fingerprint density at radius 3 is 2.52 bits per heavy atom. The Morgan fingerprint density at radius 2 is 1.76 bits per heavy atom. The number of fused-ring (bicyclic) bond motifs is 1. The molecule has 6 nitrogen and oxygen atoms in total.